The fourth-order valence-electron chi connectivity index (χ4n) is 0.401. The highest BCUT2D eigenvalue weighted by Gasteiger charge is 2.02. The minimum atomic E-state index is -0.109. The van der Waals surface area contributed by atoms with Crippen LogP contribution in [0.2, 0.25) is 0 Å². The van der Waals surface area contributed by atoms with E-state index in [0.717, 1.165) is 6.42 Å². The molecule has 1 aliphatic heterocycles. The summed E-state index contributed by atoms with van der Waals surface area (Å²) in [6.07, 6.45) is 2.92. The molecular weight excluding hydrogens is 92.1 g/mol. The fourth-order valence-corrected chi connectivity index (χ4v) is 0.401. The first kappa shape index (κ1) is 4.30. The summed E-state index contributed by atoms with van der Waals surface area (Å²) in [6, 6.07) is 0. The van der Waals surface area contributed by atoms with Gasteiger partial charge in [0.05, 0.1) is 0 Å². The van der Waals surface area contributed by atoms with Crippen LogP contribution in [-0.2, 0) is 4.79 Å². The first-order chi connectivity index (χ1) is 3.39. The summed E-state index contributed by atoms with van der Waals surface area (Å²) in [5.74, 6) is -0.109. The topological polar surface area (TPSA) is 43.5 Å². The van der Waals surface area contributed by atoms with Gasteiger partial charge in [-0.3, -0.25) is 4.79 Å². The zero-order chi connectivity index (χ0) is 5.11. The summed E-state index contributed by atoms with van der Waals surface area (Å²) in [7, 11) is 0. The molecule has 0 N–H and O–H groups in total. The number of carbonyl (C=O) groups excluding carboxylic acids is 1. The van der Waals surface area contributed by atoms with Crippen LogP contribution in [0.4, 0.5) is 0 Å². The molecule has 1 heterocycles. The Balaban J connectivity index is 2.47. The van der Waals surface area contributed by atoms with E-state index in [9.17, 15) is 4.79 Å². The summed E-state index contributed by atoms with van der Waals surface area (Å²) in [6.45, 7) is 0. The molecule has 3 nitrogen and oxygen atoms in total. The van der Waals surface area contributed by atoms with Crippen LogP contribution in [0.25, 0.3) is 0 Å². The summed E-state index contributed by atoms with van der Waals surface area (Å²) < 4.78 is 0. The van der Waals surface area contributed by atoms with Crippen molar-refractivity contribution in [1.82, 2.24) is 5.43 Å². The van der Waals surface area contributed by atoms with Gasteiger partial charge in [0.1, 0.15) is 0 Å². The van der Waals surface area contributed by atoms with Gasteiger partial charge in [0.15, 0.2) is 0 Å². The predicted octanol–water partition coefficient (Wildman–Crippen LogP) is -0.103. The maximum Gasteiger partial charge on any atom is 0.265 e. The first-order valence-corrected chi connectivity index (χ1v) is 2.15. The molecule has 0 aromatic rings. The van der Waals surface area contributed by atoms with E-state index in [2.05, 4.69) is 10.5 Å². The molecule has 1 amide bonds. The lowest BCUT2D eigenvalue weighted by atomic mass is 10.3. The average molecular weight is 97.1 g/mol. The first-order valence-electron chi connectivity index (χ1n) is 2.15. The molecule has 3 heteroatoms. The highest BCUT2D eigenvalue weighted by Crippen LogP contribution is 1.90. The number of hydrogen-bond donors (Lipinski definition) is 0. The van der Waals surface area contributed by atoms with Crippen molar-refractivity contribution < 1.29 is 4.79 Å². The normalized spacial score (nSPS) is 19.1. The molecule has 1 rings (SSSR count). The molecule has 0 fully saturated rings. The second-order valence-electron chi connectivity index (χ2n) is 1.33. The van der Waals surface area contributed by atoms with Crippen LogP contribution in [0.15, 0.2) is 5.10 Å². The largest absolute Gasteiger partial charge is 0.271 e. The van der Waals surface area contributed by atoms with Crippen LogP contribution >= 0.6 is 0 Å². The van der Waals surface area contributed by atoms with Crippen molar-refractivity contribution in [3.63, 3.8) is 0 Å². The summed E-state index contributed by atoms with van der Waals surface area (Å²) >= 11 is 0. The van der Waals surface area contributed by atoms with Gasteiger partial charge in [-0.1, -0.05) is 0 Å². The van der Waals surface area contributed by atoms with Crippen molar-refractivity contribution in [2.45, 2.75) is 12.8 Å². The molecule has 0 bridgehead atoms. The molecule has 0 aliphatic carbocycles. The molecule has 0 saturated carbocycles. The molecular formula is C4H5N2O. The van der Waals surface area contributed by atoms with Crippen molar-refractivity contribution >= 4 is 12.1 Å². The Hall–Kier alpha value is -0.860. The third-order valence-electron chi connectivity index (χ3n) is 0.738. The lowest BCUT2D eigenvalue weighted by Crippen LogP contribution is -2.13. The van der Waals surface area contributed by atoms with Gasteiger partial charge in [-0.05, 0) is 6.42 Å². The number of carbonyl (C=O) groups is 1. The van der Waals surface area contributed by atoms with Crippen LogP contribution in [0.3, 0.4) is 0 Å². The molecule has 37 valence electrons. The highest BCUT2D eigenvalue weighted by molar-refractivity contribution is 5.81. The Bertz CT molecular complexity index is 108. The Kier molecular flexibility index (Phi) is 1.06. The monoisotopic (exact) mass is 97.0 g/mol. The third kappa shape index (κ3) is 0.994. The molecule has 1 radical (unpaired) electrons. The van der Waals surface area contributed by atoms with Gasteiger partial charge < -0.3 is 0 Å². The van der Waals surface area contributed by atoms with E-state index < -0.39 is 0 Å². The quantitative estimate of drug-likeness (QED) is 0.416. The van der Waals surface area contributed by atoms with Gasteiger partial charge in [-0.15, -0.1) is 5.43 Å². The molecule has 0 saturated heterocycles. The second-order valence-corrected chi connectivity index (χ2v) is 1.33. The molecule has 0 spiro atoms. The molecule has 1 aliphatic rings. The molecule has 7 heavy (non-hydrogen) atoms. The minimum absolute atomic E-state index is 0.109. The molecule has 0 atom stereocenters. The maximum atomic E-state index is 10.2. The SMILES string of the molecule is O=C1CCC=N[N]1. The van der Waals surface area contributed by atoms with Crippen LogP contribution < -0.4 is 5.43 Å². The standard InChI is InChI=1S/C4H5N2O/c7-4-2-1-3-5-6-4/h3H,1-2H2. The third-order valence-corrected chi connectivity index (χ3v) is 0.738. The van der Waals surface area contributed by atoms with Crippen LogP contribution in [-0.4, -0.2) is 12.1 Å². The zero-order valence-electron chi connectivity index (χ0n) is 3.79. The Morgan fingerprint density at radius 2 is 2.57 bits per heavy atom. The fraction of sp³-hybridized carbons (Fsp3) is 0.500. The Labute approximate surface area is 41.4 Å². The number of hydrogen-bond acceptors (Lipinski definition) is 2. The van der Waals surface area contributed by atoms with Crippen LogP contribution in [0.1, 0.15) is 12.8 Å². The maximum absolute atomic E-state index is 10.2. The lowest BCUT2D eigenvalue weighted by Gasteiger charge is -1.96. The van der Waals surface area contributed by atoms with E-state index in [0.29, 0.717) is 6.42 Å². The number of amides is 1. The Morgan fingerprint density at radius 3 is 2.86 bits per heavy atom. The summed E-state index contributed by atoms with van der Waals surface area (Å²) in [4.78, 5) is 10.2. The summed E-state index contributed by atoms with van der Waals surface area (Å²) in [5.41, 5.74) is 3.26. The van der Waals surface area contributed by atoms with Gasteiger partial charge in [-0.25, -0.2) is 0 Å². The van der Waals surface area contributed by atoms with Gasteiger partial charge >= 0.3 is 0 Å². The zero-order valence-corrected chi connectivity index (χ0v) is 3.79. The smallest absolute Gasteiger partial charge is 0.265 e. The van der Waals surface area contributed by atoms with E-state index in [1.807, 2.05) is 0 Å². The van der Waals surface area contributed by atoms with Gasteiger partial charge in [-0.2, -0.15) is 5.10 Å². The Morgan fingerprint density at radius 1 is 1.71 bits per heavy atom. The van der Waals surface area contributed by atoms with Crippen molar-refractivity contribution in [1.29, 1.82) is 0 Å². The average Bonchev–Trinajstić information content (AvgIpc) is 1.69. The van der Waals surface area contributed by atoms with E-state index in [-0.39, 0.29) is 5.91 Å². The highest BCUT2D eigenvalue weighted by atomic mass is 16.2. The predicted molar refractivity (Wildman–Crippen MR) is 24.9 cm³/mol. The van der Waals surface area contributed by atoms with Crippen molar-refractivity contribution in [2.75, 3.05) is 0 Å². The van der Waals surface area contributed by atoms with Gasteiger partial charge in [0, 0.05) is 12.6 Å². The lowest BCUT2D eigenvalue weighted by molar-refractivity contribution is -0.121. The van der Waals surface area contributed by atoms with Crippen molar-refractivity contribution in [2.24, 2.45) is 5.10 Å². The van der Waals surface area contributed by atoms with Gasteiger partial charge in [0.2, 0.25) is 0 Å². The second kappa shape index (κ2) is 1.73. The minimum Gasteiger partial charge on any atom is -0.271 e. The van der Waals surface area contributed by atoms with E-state index in [1.165, 1.54) is 0 Å². The molecule has 0 aromatic carbocycles. The summed E-state index contributed by atoms with van der Waals surface area (Å²) in [5, 5.41) is 3.41. The van der Waals surface area contributed by atoms with Crippen molar-refractivity contribution in [3.05, 3.63) is 0 Å². The van der Waals surface area contributed by atoms with E-state index in [1.54, 1.807) is 6.21 Å². The van der Waals surface area contributed by atoms with Crippen molar-refractivity contribution in [3.8, 4) is 0 Å². The van der Waals surface area contributed by atoms with E-state index in [4.69, 9.17) is 0 Å². The van der Waals surface area contributed by atoms with Crippen LogP contribution in [0.5, 0.6) is 0 Å². The molecule has 0 aromatic heterocycles. The van der Waals surface area contributed by atoms with E-state index >= 15 is 0 Å². The number of nitrogens with zero attached hydrogens (tertiary/aromatic N) is 2. The number of rotatable bonds is 0. The van der Waals surface area contributed by atoms with Gasteiger partial charge in [0.25, 0.3) is 5.91 Å². The van der Waals surface area contributed by atoms with Crippen LogP contribution in [0, 0.1) is 0 Å². The molecule has 0 unspecified atom stereocenters.